The lowest BCUT2D eigenvalue weighted by Gasteiger charge is -2.36. The molecule has 1 fully saturated rings. The Bertz CT molecular complexity index is 696. The molecule has 3 rings (SSSR count). The van der Waals surface area contributed by atoms with Gasteiger partial charge >= 0.3 is 0 Å². The van der Waals surface area contributed by atoms with Crippen LogP contribution >= 0.6 is 28.3 Å². The number of carbonyl (C=O) groups excluding carboxylic acids is 1. The summed E-state index contributed by atoms with van der Waals surface area (Å²) < 4.78 is 14.5. The van der Waals surface area contributed by atoms with Crippen LogP contribution in [0.25, 0.3) is 0 Å². The molecule has 2 aromatic rings. The van der Waals surface area contributed by atoms with Crippen LogP contribution in [-0.4, -0.2) is 30.4 Å². The smallest absolute Gasteiger partial charge is 0.227 e. The molecular formula is C18H19BrClFN2O. The highest BCUT2D eigenvalue weighted by atomic mass is 79.9. The topological polar surface area (TPSA) is 32.3 Å². The van der Waals surface area contributed by atoms with Crippen molar-refractivity contribution in [3.8, 4) is 0 Å². The molecule has 1 amide bonds. The van der Waals surface area contributed by atoms with Crippen molar-refractivity contribution in [1.82, 2.24) is 10.2 Å². The highest BCUT2D eigenvalue weighted by Crippen LogP contribution is 2.24. The minimum absolute atomic E-state index is 0. The van der Waals surface area contributed by atoms with Gasteiger partial charge < -0.3 is 10.2 Å². The molecule has 0 aromatic heterocycles. The third kappa shape index (κ3) is 4.56. The zero-order valence-electron chi connectivity index (χ0n) is 13.0. The van der Waals surface area contributed by atoms with Gasteiger partial charge in [0.15, 0.2) is 0 Å². The number of hydrogen-bond donors (Lipinski definition) is 1. The molecule has 0 bridgehead atoms. The molecule has 1 saturated heterocycles. The first kappa shape index (κ1) is 18.9. The highest BCUT2D eigenvalue weighted by Gasteiger charge is 2.27. The molecule has 1 unspecified atom stereocenters. The number of halogens is 3. The summed E-state index contributed by atoms with van der Waals surface area (Å²) in [4.78, 5) is 14.6. The molecule has 1 N–H and O–H groups in total. The number of carbonyl (C=O) groups is 1. The van der Waals surface area contributed by atoms with Crippen LogP contribution in [-0.2, 0) is 11.2 Å². The maximum atomic E-state index is 13.5. The summed E-state index contributed by atoms with van der Waals surface area (Å²) in [6.45, 7) is 2.05. The summed E-state index contributed by atoms with van der Waals surface area (Å²) >= 11 is 3.40. The first-order valence-electron chi connectivity index (χ1n) is 7.63. The third-order valence-electron chi connectivity index (χ3n) is 4.07. The number of piperazine rings is 1. The van der Waals surface area contributed by atoms with E-state index in [0.717, 1.165) is 22.1 Å². The first-order chi connectivity index (χ1) is 11.1. The first-order valence-corrected chi connectivity index (χ1v) is 8.43. The summed E-state index contributed by atoms with van der Waals surface area (Å²) in [6.07, 6.45) is 0.360. The predicted molar refractivity (Wildman–Crippen MR) is 98.8 cm³/mol. The van der Waals surface area contributed by atoms with E-state index in [1.807, 2.05) is 35.2 Å². The van der Waals surface area contributed by atoms with Crippen LogP contribution in [0.1, 0.15) is 17.2 Å². The average molecular weight is 414 g/mol. The Morgan fingerprint density at radius 2 is 2.00 bits per heavy atom. The van der Waals surface area contributed by atoms with Crippen LogP contribution in [0.2, 0.25) is 0 Å². The fourth-order valence-electron chi connectivity index (χ4n) is 2.89. The monoisotopic (exact) mass is 412 g/mol. The maximum Gasteiger partial charge on any atom is 0.227 e. The van der Waals surface area contributed by atoms with Crippen LogP contribution in [0, 0.1) is 5.82 Å². The average Bonchev–Trinajstić information content (AvgIpc) is 2.57. The Hall–Kier alpha value is -1.43. The van der Waals surface area contributed by atoms with Gasteiger partial charge in [0, 0.05) is 24.1 Å². The van der Waals surface area contributed by atoms with Gasteiger partial charge in [-0.15, -0.1) is 12.4 Å². The second-order valence-electron chi connectivity index (χ2n) is 5.67. The van der Waals surface area contributed by atoms with Crippen LogP contribution < -0.4 is 5.32 Å². The van der Waals surface area contributed by atoms with Crippen LogP contribution in [0.4, 0.5) is 4.39 Å². The van der Waals surface area contributed by atoms with Crippen molar-refractivity contribution in [2.75, 3.05) is 19.6 Å². The minimum atomic E-state index is -0.270. The van der Waals surface area contributed by atoms with Crippen LogP contribution in [0.5, 0.6) is 0 Å². The van der Waals surface area contributed by atoms with Gasteiger partial charge in [-0.25, -0.2) is 4.39 Å². The Labute approximate surface area is 155 Å². The molecule has 2 aromatic carbocycles. The Balaban J connectivity index is 0.00000208. The van der Waals surface area contributed by atoms with Crippen molar-refractivity contribution >= 4 is 34.2 Å². The van der Waals surface area contributed by atoms with Gasteiger partial charge in [-0.1, -0.05) is 40.2 Å². The molecule has 1 aliphatic rings. The summed E-state index contributed by atoms with van der Waals surface area (Å²) in [5.74, 6) is -0.198. The summed E-state index contributed by atoms with van der Waals surface area (Å²) in [7, 11) is 0. The zero-order valence-corrected chi connectivity index (χ0v) is 15.4. The molecule has 6 heteroatoms. The second kappa shape index (κ2) is 8.60. The molecule has 0 spiro atoms. The van der Waals surface area contributed by atoms with Crippen molar-refractivity contribution in [2.45, 2.75) is 12.5 Å². The van der Waals surface area contributed by atoms with Gasteiger partial charge in [0.1, 0.15) is 5.82 Å². The lowest BCUT2D eigenvalue weighted by molar-refractivity contribution is -0.133. The van der Waals surface area contributed by atoms with E-state index >= 15 is 0 Å². The Kier molecular flexibility index (Phi) is 6.78. The van der Waals surface area contributed by atoms with E-state index < -0.39 is 0 Å². The summed E-state index contributed by atoms with van der Waals surface area (Å²) in [5, 5.41) is 3.29. The van der Waals surface area contributed by atoms with Crippen molar-refractivity contribution < 1.29 is 9.18 Å². The number of hydrogen-bond acceptors (Lipinski definition) is 2. The summed E-state index contributed by atoms with van der Waals surface area (Å²) in [5.41, 5.74) is 1.82. The molecule has 1 aliphatic heterocycles. The van der Waals surface area contributed by atoms with Gasteiger partial charge in [0.2, 0.25) is 5.91 Å². The van der Waals surface area contributed by atoms with Gasteiger partial charge in [0.05, 0.1) is 12.5 Å². The Morgan fingerprint density at radius 3 is 2.71 bits per heavy atom. The normalized spacial score (nSPS) is 17.2. The molecule has 3 nitrogen and oxygen atoms in total. The van der Waals surface area contributed by atoms with Crippen LogP contribution in [0.15, 0.2) is 53.0 Å². The van der Waals surface area contributed by atoms with E-state index in [1.165, 1.54) is 12.1 Å². The molecule has 0 radical (unpaired) electrons. The molecular weight excluding hydrogens is 395 g/mol. The summed E-state index contributed by atoms with van der Waals surface area (Å²) in [6, 6.07) is 14.1. The van der Waals surface area contributed by atoms with Crippen molar-refractivity contribution in [2.24, 2.45) is 0 Å². The number of nitrogens with zero attached hydrogens (tertiary/aromatic N) is 1. The lowest BCUT2D eigenvalue weighted by Crippen LogP contribution is -2.49. The standard InChI is InChI=1S/C18H18BrFN2O.ClH/c19-15-6-4-13(5-7-15)10-18(23)22-9-8-21-12-17(22)14-2-1-3-16(20)11-14;/h1-7,11,17,21H,8-10,12H2;1H. The molecule has 1 heterocycles. The lowest BCUT2D eigenvalue weighted by atomic mass is 10.0. The molecule has 0 aliphatic carbocycles. The van der Waals surface area contributed by atoms with E-state index in [0.29, 0.717) is 19.5 Å². The number of amides is 1. The zero-order chi connectivity index (χ0) is 16.2. The second-order valence-corrected chi connectivity index (χ2v) is 6.58. The number of benzene rings is 2. The Morgan fingerprint density at radius 1 is 1.25 bits per heavy atom. The molecule has 0 saturated carbocycles. The van der Waals surface area contributed by atoms with E-state index in [4.69, 9.17) is 0 Å². The predicted octanol–water partition coefficient (Wildman–Crippen LogP) is 3.73. The fourth-order valence-corrected chi connectivity index (χ4v) is 3.16. The van der Waals surface area contributed by atoms with E-state index in [2.05, 4.69) is 21.2 Å². The molecule has 1 atom stereocenters. The van der Waals surface area contributed by atoms with Crippen molar-refractivity contribution in [1.29, 1.82) is 0 Å². The molecule has 24 heavy (non-hydrogen) atoms. The van der Waals surface area contributed by atoms with Gasteiger partial charge in [-0.05, 0) is 35.4 Å². The number of nitrogens with one attached hydrogen (secondary N) is 1. The maximum absolute atomic E-state index is 13.5. The van der Waals surface area contributed by atoms with Gasteiger partial charge in [-0.3, -0.25) is 4.79 Å². The largest absolute Gasteiger partial charge is 0.333 e. The number of rotatable bonds is 3. The van der Waals surface area contributed by atoms with Gasteiger partial charge in [-0.2, -0.15) is 0 Å². The quantitative estimate of drug-likeness (QED) is 0.832. The van der Waals surface area contributed by atoms with E-state index in [-0.39, 0.29) is 30.2 Å². The van der Waals surface area contributed by atoms with Crippen LogP contribution in [0.3, 0.4) is 0 Å². The SMILES string of the molecule is Cl.O=C(Cc1ccc(Br)cc1)N1CCNCC1c1cccc(F)c1. The highest BCUT2D eigenvalue weighted by molar-refractivity contribution is 9.10. The van der Waals surface area contributed by atoms with E-state index in [1.54, 1.807) is 6.07 Å². The van der Waals surface area contributed by atoms with Gasteiger partial charge in [0.25, 0.3) is 0 Å². The third-order valence-corrected chi connectivity index (χ3v) is 4.59. The van der Waals surface area contributed by atoms with Crippen molar-refractivity contribution in [3.05, 3.63) is 69.9 Å². The van der Waals surface area contributed by atoms with Crippen molar-refractivity contribution in [3.63, 3.8) is 0 Å². The molecule has 128 valence electrons. The van der Waals surface area contributed by atoms with E-state index in [9.17, 15) is 9.18 Å². The minimum Gasteiger partial charge on any atom is -0.333 e. The fraction of sp³-hybridized carbons (Fsp3) is 0.278.